The monoisotopic (exact) mass is 336 g/mol. The van der Waals surface area contributed by atoms with Crippen LogP contribution in [0.2, 0.25) is 0 Å². The lowest BCUT2D eigenvalue weighted by Crippen LogP contribution is -2.32. The van der Waals surface area contributed by atoms with E-state index in [1.807, 2.05) is 13.0 Å². The summed E-state index contributed by atoms with van der Waals surface area (Å²) >= 11 is 1.37. The van der Waals surface area contributed by atoms with Crippen molar-refractivity contribution in [3.05, 3.63) is 23.2 Å². The molecule has 0 unspecified atom stereocenters. The van der Waals surface area contributed by atoms with Crippen LogP contribution in [0.25, 0.3) is 0 Å². The second-order valence-corrected chi connectivity index (χ2v) is 5.84. The van der Waals surface area contributed by atoms with Crippen LogP contribution < -0.4 is 20.1 Å². The first-order valence-electron chi connectivity index (χ1n) is 7.19. The minimum Gasteiger partial charge on any atom is -0.497 e. The smallest absolute Gasteiger partial charge is 0.248 e. The Hall–Kier alpha value is -2.35. The first-order chi connectivity index (χ1) is 11.1. The average Bonchev–Trinajstić information content (AvgIpc) is 3.02. The van der Waals surface area contributed by atoms with Gasteiger partial charge in [-0.2, -0.15) is 0 Å². The van der Waals surface area contributed by atoms with Gasteiger partial charge in [-0.15, -0.1) is 10.2 Å². The van der Waals surface area contributed by atoms with E-state index in [0.29, 0.717) is 22.3 Å². The Bertz CT molecular complexity index is 674. The first kappa shape index (κ1) is 17.0. The first-order valence-corrected chi connectivity index (χ1v) is 8.00. The van der Waals surface area contributed by atoms with E-state index in [9.17, 15) is 4.79 Å². The fourth-order valence-electron chi connectivity index (χ4n) is 1.88. The normalized spacial score (nSPS) is 11.7. The number of nitrogens with one attached hydrogen (secondary N) is 2. The summed E-state index contributed by atoms with van der Waals surface area (Å²) in [5, 5.41) is 15.2. The van der Waals surface area contributed by atoms with Crippen molar-refractivity contribution in [2.45, 2.75) is 26.3 Å². The Balaban J connectivity index is 2.03. The number of anilines is 2. The van der Waals surface area contributed by atoms with Gasteiger partial charge in [-0.3, -0.25) is 10.1 Å². The Labute approximate surface area is 139 Å². The molecule has 2 rings (SSSR count). The van der Waals surface area contributed by atoms with E-state index >= 15 is 0 Å². The topological polar surface area (TPSA) is 85.4 Å². The molecule has 7 nitrogen and oxygen atoms in total. The van der Waals surface area contributed by atoms with E-state index in [-0.39, 0.29) is 5.91 Å². The molecule has 124 valence electrons. The number of aryl methyl sites for hydroxylation is 1. The third kappa shape index (κ3) is 4.32. The van der Waals surface area contributed by atoms with Gasteiger partial charge >= 0.3 is 0 Å². The zero-order valence-electron chi connectivity index (χ0n) is 13.5. The highest BCUT2D eigenvalue weighted by molar-refractivity contribution is 7.15. The van der Waals surface area contributed by atoms with E-state index in [1.54, 1.807) is 33.3 Å². The van der Waals surface area contributed by atoms with Gasteiger partial charge in [0.1, 0.15) is 22.5 Å². The number of benzene rings is 1. The molecule has 8 heteroatoms. The number of amides is 1. The number of carbonyl (C=O) groups is 1. The molecular formula is C15H20N4O3S. The molecule has 0 fully saturated rings. The van der Waals surface area contributed by atoms with Gasteiger partial charge in [0.2, 0.25) is 11.0 Å². The van der Waals surface area contributed by atoms with Crippen molar-refractivity contribution in [1.29, 1.82) is 0 Å². The van der Waals surface area contributed by atoms with Crippen molar-refractivity contribution in [2.75, 3.05) is 24.9 Å². The molecule has 0 aliphatic heterocycles. The predicted molar refractivity (Wildman–Crippen MR) is 90.5 cm³/mol. The maximum atomic E-state index is 12.2. The number of methoxy groups -OCH3 is 2. The van der Waals surface area contributed by atoms with Crippen molar-refractivity contribution < 1.29 is 14.3 Å². The molecule has 1 atom stereocenters. The average molecular weight is 336 g/mol. The Kier molecular flexibility index (Phi) is 5.75. The van der Waals surface area contributed by atoms with Gasteiger partial charge in [-0.05, 0) is 25.5 Å². The van der Waals surface area contributed by atoms with Gasteiger partial charge in [0.25, 0.3) is 0 Å². The molecule has 1 amide bonds. The Morgan fingerprint density at radius 3 is 2.70 bits per heavy atom. The summed E-state index contributed by atoms with van der Waals surface area (Å²) in [6.45, 7) is 3.76. The molecule has 0 bridgehead atoms. The summed E-state index contributed by atoms with van der Waals surface area (Å²) in [5.74, 6) is 1.10. The Morgan fingerprint density at radius 2 is 2.09 bits per heavy atom. The highest BCUT2D eigenvalue weighted by atomic mass is 32.1. The second kappa shape index (κ2) is 7.77. The van der Waals surface area contributed by atoms with E-state index in [0.717, 1.165) is 11.4 Å². The SMILES string of the molecule is CCc1nnc(NC(=O)[C@@H](C)Nc2ccc(OC)cc2OC)s1. The van der Waals surface area contributed by atoms with Gasteiger partial charge < -0.3 is 14.8 Å². The standard InChI is InChI=1S/C15H20N4O3S/c1-5-13-18-19-15(23-13)17-14(20)9(2)16-11-7-6-10(21-3)8-12(11)22-4/h6-9,16H,5H2,1-4H3,(H,17,19,20)/t9-/m1/s1. The third-order valence-corrected chi connectivity index (χ3v) is 4.16. The fourth-order valence-corrected chi connectivity index (χ4v) is 2.56. The van der Waals surface area contributed by atoms with Crippen molar-refractivity contribution in [1.82, 2.24) is 10.2 Å². The van der Waals surface area contributed by atoms with Gasteiger partial charge in [-0.1, -0.05) is 18.3 Å². The van der Waals surface area contributed by atoms with Gasteiger partial charge in [0, 0.05) is 6.07 Å². The predicted octanol–water partition coefficient (Wildman–Crippen LogP) is 2.56. The summed E-state index contributed by atoms with van der Waals surface area (Å²) in [6.07, 6.45) is 0.796. The third-order valence-electron chi connectivity index (χ3n) is 3.17. The molecule has 2 N–H and O–H groups in total. The lowest BCUT2D eigenvalue weighted by atomic mass is 10.2. The van der Waals surface area contributed by atoms with Crippen molar-refractivity contribution in [3.8, 4) is 11.5 Å². The molecule has 0 saturated carbocycles. The summed E-state index contributed by atoms with van der Waals surface area (Å²) in [7, 11) is 3.16. The maximum Gasteiger partial charge on any atom is 0.248 e. The molecule has 0 radical (unpaired) electrons. The molecule has 2 aromatic rings. The van der Waals surface area contributed by atoms with E-state index in [2.05, 4.69) is 20.8 Å². The molecule has 0 aliphatic rings. The Morgan fingerprint density at radius 1 is 1.30 bits per heavy atom. The summed E-state index contributed by atoms with van der Waals surface area (Å²) in [4.78, 5) is 12.2. The van der Waals surface area contributed by atoms with Crippen LogP contribution in [0, 0.1) is 0 Å². The van der Waals surface area contributed by atoms with Crippen LogP contribution in [0.1, 0.15) is 18.9 Å². The van der Waals surface area contributed by atoms with Crippen molar-refractivity contribution in [3.63, 3.8) is 0 Å². The number of carbonyl (C=O) groups excluding carboxylic acids is 1. The largest absolute Gasteiger partial charge is 0.497 e. The highest BCUT2D eigenvalue weighted by Crippen LogP contribution is 2.29. The molecule has 1 aromatic carbocycles. The molecule has 1 heterocycles. The summed E-state index contributed by atoms with van der Waals surface area (Å²) in [5.41, 5.74) is 0.711. The number of aromatic nitrogens is 2. The van der Waals surface area contributed by atoms with Crippen molar-refractivity contribution >= 4 is 28.1 Å². The van der Waals surface area contributed by atoms with Crippen LogP contribution in [0.4, 0.5) is 10.8 Å². The van der Waals surface area contributed by atoms with Crippen molar-refractivity contribution in [2.24, 2.45) is 0 Å². The molecule has 0 saturated heterocycles. The summed E-state index contributed by atoms with van der Waals surface area (Å²) in [6, 6.07) is 4.90. The van der Waals surface area contributed by atoms with E-state index in [1.165, 1.54) is 11.3 Å². The number of hydrogen-bond donors (Lipinski definition) is 2. The lowest BCUT2D eigenvalue weighted by Gasteiger charge is -2.17. The van der Waals surface area contributed by atoms with E-state index in [4.69, 9.17) is 9.47 Å². The fraction of sp³-hybridized carbons (Fsp3) is 0.400. The number of nitrogens with zero attached hydrogens (tertiary/aromatic N) is 2. The van der Waals surface area contributed by atoms with Crippen LogP contribution in [-0.2, 0) is 11.2 Å². The summed E-state index contributed by atoms with van der Waals surface area (Å²) < 4.78 is 10.5. The zero-order chi connectivity index (χ0) is 16.8. The number of rotatable bonds is 7. The highest BCUT2D eigenvalue weighted by Gasteiger charge is 2.17. The van der Waals surface area contributed by atoms with Crippen LogP contribution in [0.3, 0.4) is 0 Å². The van der Waals surface area contributed by atoms with Crippen LogP contribution in [0.5, 0.6) is 11.5 Å². The molecular weight excluding hydrogens is 316 g/mol. The minimum absolute atomic E-state index is 0.193. The molecule has 0 aliphatic carbocycles. The maximum absolute atomic E-state index is 12.2. The number of hydrogen-bond acceptors (Lipinski definition) is 7. The van der Waals surface area contributed by atoms with Gasteiger partial charge in [0.05, 0.1) is 19.9 Å². The zero-order valence-corrected chi connectivity index (χ0v) is 14.4. The van der Waals surface area contributed by atoms with Crippen LogP contribution in [0.15, 0.2) is 18.2 Å². The van der Waals surface area contributed by atoms with Crippen LogP contribution >= 0.6 is 11.3 Å². The number of ether oxygens (including phenoxy) is 2. The quantitative estimate of drug-likeness (QED) is 0.808. The van der Waals surface area contributed by atoms with Gasteiger partial charge in [-0.25, -0.2) is 0 Å². The molecule has 0 spiro atoms. The van der Waals surface area contributed by atoms with Gasteiger partial charge in [0.15, 0.2) is 0 Å². The second-order valence-electron chi connectivity index (χ2n) is 4.78. The molecule has 1 aromatic heterocycles. The molecule has 23 heavy (non-hydrogen) atoms. The van der Waals surface area contributed by atoms with E-state index < -0.39 is 6.04 Å². The lowest BCUT2D eigenvalue weighted by molar-refractivity contribution is -0.116. The van der Waals surface area contributed by atoms with Crippen LogP contribution in [-0.4, -0.2) is 36.4 Å². The minimum atomic E-state index is -0.466.